The summed E-state index contributed by atoms with van der Waals surface area (Å²) in [4.78, 5) is 4.29. The smallest absolute Gasteiger partial charge is 0.128 e. The summed E-state index contributed by atoms with van der Waals surface area (Å²) in [6.07, 6.45) is 2.81. The Hall–Kier alpha value is -1.10. The summed E-state index contributed by atoms with van der Waals surface area (Å²) in [5, 5.41) is 9.67. The maximum absolute atomic E-state index is 9.05. The summed E-state index contributed by atoms with van der Waals surface area (Å²) in [6.45, 7) is 0.792. The minimum Gasteiger partial charge on any atom is -0.378 e. The summed E-state index contributed by atoms with van der Waals surface area (Å²) in [6, 6.07) is 7.18. The number of nitrogens with zero attached hydrogens (tertiary/aromatic N) is 1. The van der Waals surface area contributed by atoms with E-state index in [0.29, 0.717) is 23.0 Å². The molecule has 1 aliphatic rings. The van der Waals surface area contributed by atoms with Crippen molar-refractivity contribution in [2.45, 2.75) is 25.4 Å². The molecule has 92 valence electrons. The first-order chi connectivity index (χ1) is 8.28. The Morgan fingerprint density at radius 2 is 2.47 bits per heavy atom. The molecule has 0 aliphatic carbocycles. The summed E-state index contributed by atoms with van der Waals surface area (Å²) in [7, 11) is 0. The molecule has 1 heterocycles. The highest BCUT2D eigenvalue weighted by Crippen LogP contribution is 2.20. The number of halogens is 1. The van der Waals surface area contributed by atoms with E-state index in [1.165, 1.54) is 0 Å². The Morgan fingerprint density at radius 3 is 3.12 bits per heavy atom. The van der Waals surface area contributed by atoms with Crippen molar-refractivity contribution in [2.75, 3.05) is 6.61 Å². The minimum atomic E-state index is 0.146. The molecule has 1 saturated heterocycles. The van der Waals surface area contributed by atoms with Crippen LogP contribution in [0, 0.1) is 0 Å². The summed E-state index contributed by atoms with van der Waals surface area (Å²) >= 11 is 5.86. The number of amidine groups is 1. The SMILES string of the molecule is ONC(CC1CCCO1)=Nc1cccc(Cl)c1. The fraction of sp³-hybridized carbons (Fsp3) is 0.417. The third-order valence-corrected chi connectivity index (χ3v) is 2.88. The molecule has 0 amide bonds. The molecule has 2 rings (SSSR count). The number of ether oxygens (including phenoxy) is 1. The monoisotopic (exact) mass is 254 g/mol. The van der Waals surface area contributed by atoms with Crippen molar-refractivity contribution in [1.29, 1.82) is 0 Å². The average molecular weight is 255 g/mol. The van der Waals surface area contributed by atoms with Gasteiger partial charge in [-0.2, -0.15) is 0 Å². The highest BCUT2D eigenvalue weighted by Gasteiger charge is 2.17. The molecule has 1 atom stereocenters. The molecule has 1 aromatic rings. The van der Waals surface area contributed by atoms with E-state index in [9.17, 15) is 0 Å². The molecule has 17 heavy (non-hydrogen) atoms. The molecule has 4 nitrogen and oxygen atoms in total. The van der Waals surface area contributed by atoms with E-state index in [4.69, 9.17) is 21.5 Å². The number of hydrogen-bond acceptors (Lipinski definition) is 3. The second-order valence-corrected chi connectivity index (χ2v) is 4.43. The lowest BCUT2D eigenvalue weighted by Gasteiger charge is -2.10. The van der Waals surface area contributed by atoms with Crippen molar-refractivity contribution in [3.05, 3.63) is 29.3 Å². The van der Waals surface area contributed by atoms with Crippen molar-refractivity contribution in [3.8, 4) is 0 Å². The lowest BCUT2D eigenvalue weighted by molar-refractivity contribution is 0.113. The predicted octanol–water partition coefficient (Wildman–Crippen LogP) is 2.92. The van der Waals surface area contributed by atoms with Gasteiger partial charge in [0.05, 0.1) is 11.8 Å². The van der Waals surface area contributed by atoms with Crippen LogP contribution >= 0.6 is 11.6 Å². The molecule has 1 aromatic carbocycles. The predicted molar refractivity (Wildman–Crippen MR) is 67.1 cm³/mol. The molecule has 1 aliphatic heterocycles. The zero-order chi connectivity index (χ0) is 12.1. The number of hydrogen-bond donors (Lipinski definition) is 2. The van der Waals surface area contributed by atoms with Gasteiger partial charge >= 0.3 is 0 Å². The fourth-order valence-electron chi connectivity index (χ4n) is 1.84. The van der Waals surface area contributed by atoms with Gasteiger partial charge in [-0.3, -0.25) is 10.7 Å². The lowest BCUT2D eigenvalue weighted by Crippen LogP contribution is -2.24. The van der Waals surface area contributed by atoms with Gasteiger partial charge in [-0.25, -0.2) is 4.99 Å². The number of aliphatic imine (C=N–C) groups is 1. The summed E-state index contributed by atoms with van der Waals surface area (Å²) in [5.74, 6) is 0.499. The van der Waals surface area contributed by atoms with Crippen LogP contribution in [-0.2, 0) is 4.74 Å². The van der Waals surface area contributed by atoms with Gasteiger partial charge in [0, 0.05) is 18.1 Å². The number of hydroxylamine groups is 1. The molecule has 0 saturated carbocycles. The first-order valence-corrected chi connectivity index (χ1v) is 6.00. The highest BCUT2D eigenvalue weighted by molar-refractivity contribution is 6.30. The first-order valence-electron chi connectivity index (χ1n) is 5.63. The molecular weight excluding hydrogens is 240 g/mol. The normalized spacial score (nSPS) is 20.6. The third kappa shape index (κ3) is 3.70. The van der Waals surface area contributed by atoms with E-state index < -0.39 is 0 Å². The standard InChI is InChI=1S/C12H15ClN2O2/c13-9-3-1-4-10(7-9)14-12(15-16)8-11-5-2-6-17-11/h1,3-4,7,11,16H,2,5-6,8H2,(H,14,15). The minimum absolute atomic E-state index is 0.146. The molecule has 5 heteroatoms. The second-order valence-electron chi connectivity index (χ2n) is 3.99. The Balaban J connectivity index is 2.05. The van der Waals surface area contributed by atoms with Crippen molar-refractivity contribution < 1.29 is 9.94 Å². The molecule has 0 spiro atoms. The fourth-order valence-corrected chi connectivity index (χ4v) is 2.02. The van der Waals surface area contributed by atoms with Gasteiger partial charge in [0.15, 0.2) is 0 Å². The van der Waals surface area contributed by atoms with Crippen molar-refractivity contribution >= 4 is 23.1 Å². The molecule has 2 N–H and O–H groups in total. The Labute approximate surface area is 105 Å². The Bertz CT molecular complexity index is 403. The van der Waals surface area contributed by atoms with Gasteiger partial charge in [-0.1, -0.05) is 17.7 Å². The van der Waals surface area contributed by atoms with Crippen LogP contribution in [0.3, 0.4) is 0 Å². The molecule has 1 fully saturated rings. The number of rotatable bonds is 3. The second kappa shape index (κ2) is 6.00. The topological polar surface area (TPSA) is 53.8 Å². The van der Waals surface area contributed by atoms with Crippen molar-refractivity contribution in [3.63, 3.8) is 0 Å². The summed E-state index contributed by atoms with van der Waals surface area (Å²) in [5.41, 5.74) is 2.84. The zero-order valence-electron chi connectivity index (χ0n) is 9.40. The maximum Gasteiger partial charge on any atom is 0.128 e. The van der Waals surface area contributed by atoms with Crippen LogP contribution in [0.25, 0.3) is 0 Å². The molecule has 1 unspecified atom stereocenters. The molecule has 0 bridgehead atoms. The van der Waals surface area contributed by atoms with Gasteiger partial charge in [0.2, 0.25) is 0 Å². The van der Waals surface area contributed by atoms with Gasteiger partial charge in [0.1, 0.15) is 5.84 Å². The van der Waals surface area contributed by atoms with E-state index in [2.05, 4.69) is 10.5 Å². The van der Waals surface area contributed by atoms with Crippen molar-refractivity contribution in [1.82, 2.24) is 5.48 Å². The average Bonchev–Trinajstić information content (AvgIpc) is 2.81. The van der Waals surface area contributed by atoms with Crippen LogP contribution in [0.4, 0.5) is 5.69 Å². The van der Waals surface area contributed by atoms with Crippen LogP contribution in [0.5, 0.6) is 0 Å². The first kappa shape index (κ1) is 12.4. The molecular formula is C12H15ClN2O2. The van der Waals surface area contributed by atoms with E-state index in [1.807, 2.05) is 12.1 Å². The third-order valence-electron chi connectivity index (χ3n) is 2.65. The number of nitrogens with one attached hydrogen (secondary N) is 1. The van der Waals surface area contributed by atoms with Crippen LogP contribution in [0.15, 0.2) is 29.3 Å². The molecule has 0 aromatic heterocycles. The van der Waals surface area contributed by atoms with Crippen molar-refractivity contribution in [2.24, 2.45) is 4.99 Å². The summed E-state index contributed by atoms with van der Waals surface area (Å²) < 4.78 is 5.49. The van der Waals surface area contributed by atoms with Gasteiger partial charge in [0.25, 0.3) is 0 Å². The molecule has 0 radical (unpaired) electrons. The number of benzene rings is 1. The van der Waals surface area contributed by atoms with Crippen LogP contribution in [-0.4, -0.2) is 23.8 Å². The quantitative estimate of drug-likeness (QED) is 0.495. The Morgan fingerprint density at radius 1 is 1.59 bits per heavy atom. The maximum atomic E-state index is 9.05. The largest absolute Gasteiger partial charge is 0.378 e. The Kier molecular flexibility index (Phi) is 4.36. The van der Waals surface area contributed by atoms with Crippen LogP contribution in [0.2, 0.25) is 5.02 Å². The van der Waals surface area contributed by atoms with Gasteiger partial charge in [-0.05, 0) is 31.0 Å². The van der Waals surface area contributed by atoms with Gasteiger partial charge < -0.3 is 4.74 Å². The highest BCUT2D eigenvalue weighted by atomic mass is 35.5. The lowest BCUT2D eigenvalue weighted by atomic mass is 10.2. The van der Waals surface area contributed by atoms with E-state index in [1.54, 1.807) is 12.1 Å². The van der Waals surface area contributed by atoms with Crippen LogP contribution in [0.1, 0.15) is 19.3 Å². The van der Waals surface area contributed by atoms with E-state index in [-0.39, 0.29) is 6.10 Å². The van der Waals surface area contributed by atoms with E-state index in [0.717, 1.165) is 19.4 Å². The van der Waals surface area contributed by atoms with Gasteiger partial charge in [-0.15, -0.1) is 0 Å². The van der Waals surface area contributed by atoms with E-state index >= 15 is 0 Å². The zero-order valence-corrected chi connectivity index (χ0v) is 10.2. The van der Waals surface area contributed by atoms with Crippen LogP contribution < -0.4 is 5.48 Å².